The Bertz CT molecular complexity index is 255. The molecule has 0 spiro atoms. The van der Waals surface area contributed by atoms with Crippen LogP contribution >= 0.6 is 10.0 Å². The molecule has 0 N–H and O–H groups in total. The van der Waals surface area contributed by atoms with Gasteiger partial charge in [0.15, 0.2) is 0 Å². The third-order valence-electron chi connectivity index (χ3n) is 1.69. The molecule has 0 bridgehead atoms. The molecule has 0 atom stereocenters. The van der Waals surface area contributed by atoms with Crippen molar-refractivity contribution in [3.63, 3.8) is 0 Å². The van der Waals surface area contributed by atoms with Crippen molar-refractivity contribution in [2.45, 2.75) is 6.42 Å². The molecule has 1 aromatic rings. The summed E-state index contributed by atoms with van der Waals surface area (Å²) in [5, 5.41) is 0. The molecule has 0 saturated heterocycles. The number of halogens is 1. The molecule has 0 fully saturated rings. The zero-order chi connectivity index (χ0) is 8.10. The number of hydrogen-bond acceptors (Lipinski definition) is 0. The number of benzene rings is 1. The quantitative estimate of drug-likeness (QED) is 0.594. The van der Waals surface area contributed by atoms with Crippen LogP contribution < -0.4 is 0 Å². The summed E-state index contributed by atoms with van der Waals surface area (Å²) in [5.41, 5.74) is 2.84. The molecule has 11 heavy (non-hydrogen) atoms. The van der Waals surface area contributed by atoms with E-state index in [2.05, 4.69) is 46.4 Å². The van der Waals surface area contributed by atoms with Gasteiger partial charge in [-0.3, -0.25) is 0 Å². The van der Waals surface area contributed by atoms with E-state index >= 15 is 0 Å². The first-order chi connectivity index (χ1) is 5.47. The zero-order valence-corrected chi connectivity index (χ0v) is 8.90. The summed E-state index contributed by atoms with van der Waals surface area (Å²) in [7, 11) is 4.64. The molecule has 1 aliphatic carbocycles. The summed E-state index contributed by atoms with van der Waals surface area (Å²) in [5.74, 6) is 0. The maximum absolute atomic E-state index is 4.64. The molecule has 2 rings (SSSR count). The van der Waals surface area contributed by atoms with Crippen LogP contribution in [-0.2, 0) is 6.42 Å². The van der Waals surface area contributed by atoms with Crippen molar-refractivity contribution in [3.8, 4) is 0 Å². The van der Waals surface area contributed by atoms with Gasteiger partial charge in [-0.15, -0.1) is 0 Å². The van der Waals surface area contributed by atoms with E-state index < -0.39 is 0 Å². The van der Waals surface area contributed by atoms with Gasteiger partial charge in [-0.2, -0.15) is 0 Å². The Hall–Kier alpha value is -0.207. The van der Waals surface area contributed by atoms with Crippen LogP contribution in [0.25, 0.3) is 6.08 Å². The number of allylic oxidation sites excluding steroid dienone is 1. The zero-order valence-electron chi connectivity index (χ0n) is 6.05. The van der Waals surface area contributed by atoms with Crippen molar-refractivity contribution >= 4 is 31.7 Å². The predicted molar refractivity (Wildman–Crippen MR) is 50.8 cm³/mol. The molecule has 55 valence electrons. The molecule has 0 nitrogen and oxygen atoms in total. The van der Waals surface area contributed by atoms with Crippen LogP contribution in [0.1, 0.15) is 11.1 Å². The minimum atomic E-state index is 1.12. The Morgan fingerprint density at radius 2 is 1.91 bits per heavy atom. The van der Waals surface area contributed by atoms with Crippen LogP contribution in [-0.4, -0.2) is 15.6 Å². The average Bonchev–Trinajstić information content (AvgIpc) is 2.55. The molecule has 1 aliphatic rings. The van der Waals surface area contributed by atoms with Crippen molar-refractivity contribution in [2.24, 2.45) is 0 Å². The van der Waals surface area contributed by atoms with Gasteiger partial charge in [-0.1, -0.05) is 36.4 Å². The molecule has 1 aromatic carbocycles. The Kier molecular flexibility index (Phi) is 3.74. The third kappa shape index (κ3) is 2.11. The van der Waals surface area contributed by atoms with E-state index in [-0.39, 0.29) is 0 Å². The molecule has 2 heteroatoms. The summed E-state index contributed by atoms with van der Waals surface area (Å²) in [6.45, 7) is 0. The number of hydrogen-bond donors (Lipinski definition) is 0. The second-order valence-electron chi connectivity index (χ2n) is 2.31. The summed E-state index contributed by atoms with van der Waals surface area (Å²) in [6, 6.07) is 8.49. The second-order valence-corrected chi connectivity index (χ2v) is 2.31. The van der Waals surface area contributed by atoms with Gasteiger partial charge in [0.25, 0.3) is 0 Å². The Morgan fingerprint density at radius 1 is 1.18 bits per heavy atom. The van der Waals surface area contributed by atoms with E-state index in [1.807, 2.05) is 0 Å². The summed E-state index contributed by atoms with van der Waals surface area (Å²) < 4.78 is 0. The second kappa shape index (κ2) is 4.63. The van der Waals surface area contributed by atoms with E-state index in [0.717, 1.165) is 6.42 Å². The number of rotatable bonds is 0. The molecule has 0 saturated carbocycles. The van der Waals surface area contributed by atoms with Crippen LogP contribution in [0.3, 0.4) is 0 Å². The fourth-order valence-electron chi connectivity index (χ4n) is 1.20. The van der Waals surface area contributed by atoms with E-state index in [4.69, 9.17) is 0 Å². The fraction of sp³-hybridized carbons (Fsp3) is 0.111. The average molecular weight is 224 g/mol. The first kappa shape index (κ1) is 8.89. The molecule has 0 amide bonds. The summed E-state index contributed by atoms with van der Waals surface area (Å²) in [6.07, 6.45) is 5.50. The van der Waals surface area contributed by atoms with Crippen LogP contribution in [0.5, 0.6) is 0 Å². The van der Waals surface area contributed by atoms with Crippen LogP contribution in [0.4, 0.5) is 0 Å². The fourth-order valence-corrected chi connectivity index (χ4v) is 1.20. The molecule has 0 heterocycles. The van der Waals surface area contributed by atoms with Crippen molar-refractivity contribution < 1.29 is 0 Å². The summed E-state index contributed by atoms with van der Waals surface area (Å²) >= 11 is 1.47. The van der Waals surface area contributed by atoms with E-state index in [0.29, 0.717) is 0 Å². The SMILES string of the molecule is C1=Cc2ccccc2C1.[Cl][Ge]. The standard InChI is InChI=1S/C9H8.ClGe/c1-2-5-9-7-3-6-8(9)4-1;1-2/h1-6H,7H2;. The Labute approximate surface area is 79.7 Å². The van der Waals surface area contributed by atoms with Crippen molar-refractivity contribution in [2.75, 3.05) is 0 Å². The molecular formula is C9H8ClGe. The molecule has 0 aliphatic heterocycles. The topological polar surface area (TPSA) is 0 Å². The first-order valence-electron chi connectivity index (χ1n) is 3.40. The molecule has 3 radical (unpaired) electrons. The van der Waals surface area contributed by atoms with Crippen molar-refractivity contribution in [3.05, 3.63) is 41.5 Å². The van der Waals surface area contributed by atoms with E-state index in [9.17, 15) is 0 Å². The molecule has 0 unspecified atom stereocenters. The normalized spacial score (nSPS) is 11.8. The van der Waals surface area contributed by atoms with Crippen LogP contribution in [0.2, 0.25) is 0 Å². The van der Waals surface area contributed by atoms with Gasteiger partial charge in [0.05, 0.1) is 0 Å². The third-order valence-corrected chi connectivity index (χ3v) is 1.69. The van der Waals surface area contributed by atoms with Gasteiger partial charge >= 0.3 is 25.6 Å². The van der Waals surface area contributed by atoms with Gasteiger partial charge in [-0.05, 0) is 17.5 Å². The van der Waals surface area contributed by atoms with Crippen LogP contribution in [0.15, 0.2) is 30.3 Å². The molecular weight excluding hydrogens is 216 g/mol. The maximum atomic E-state index is 4.64. The van der Waals surface area contributed by atoms with E-state index in [1.54, 1.807) is 0 Å². The monoisotopic (exact) mass is 225 g/mol. The Balaban J connectivity index is 0.000000281. The van der Waals surface area contributed by atoms with Crippen molar-refractivity contribution in [1.29, 1.82) is 0 Å². The number of fused-ring (bicyclic) bond motifs is 1. The van der Waals surface area contributed by atoms with E-state index in [1.165, 1.54) is 26.7 Å². The van der Waals surface area contributed by atoms with Gasteiger partial charge in [0, 0.05) is 0 Å². The van der Waals surface area contributed by atoms with Gasteiger partial charge in [0.1, 0.15) is 0 Å². The predicted octanol–water partition coefficient (Wildman–Crippen LogP) is 2.56. The van der Waals surface area contributed by atoms with Gasteiger partial charge in [0.2, 0.25) is 0 Å². The minimum absolute atomic E-state index is 1.12. The molecule has 0 aromatic heterocycles. The van der Waals surface area contributed by atoms with Crippen molar-refractivity contribution in [1.82, 2.24) is 0 Å². The van der Waals surface area contributed by atoms with Gasteiger partial charge in [-0.25, -0.2) is 0 Å². The first-order valence-corrected chi connectivity index (χ1v) is 6.16. The van der Waals surface area contributed by atoms with Crippen LogP contribution in [0, 0.1) is 0 Å². The van der Waals surface area contributed by atoms with Gasteiger partial charge < -0.3 is 0 Å². The summed E-state index contributed by atoms with van der Waals surface area (Å²) in [4.78, 5) is 0. The Morgan fingerprint density at radius 3 is 2.64 bits per heavy atom.